The number of hydrogen-bond acceptors (Lipinski definition) is 2. The molecule has 0 aromatic heterocycles. The third-order valence-electron chi connectivity index (χ3n) is 5.24. The normalized spacial score (nSPS) is 19.2. The summed E-state index contributed by atoms with van der Waals surface area (Å²) in [5.74, 6) is -0.113. The van der Waals surface area contributed by atoms with Crippen LogP contribution < -0.4 is 0 Å². The molecule has 0 aliphatic heterocycles. The topological polar surface area (TPSA) is 72.0 Å². The van der Waals surface area contributed by atoms with Crippen molar-refractivity contribution in [3.8, 4) is 0 Å². The van der Waals surface area contributed by atoms with Gasteiger partial charge in [-0.3, -0.25) is 0 Å². The maximum Gasteiger partial charge on any atom is 0.0765 e. The first-order chi connectivity index (χ1) is 13.5. The van der Waals surface area contributed by atoms with E-state index in [1.165, 1.54) is 0 Å². The Morgan fingerprint density at radius 3 is 2.03 bits per heavy atom. The van der Waals surface area contributed by atoms with Crippen LogP contribution in [0.5, 0.6) is 0 Å². The summed E-state index contributed by atoms with van der Waals surface area (Å²) in [6.45, 7) is 0. The zero-order chi connectivity index (χ0) is 20.1. The maximum absolute atomic E-state index is 12.9. The Labute approximate surface area is 188 Å². The second-order valence-electron chi connectivity index (χ2n) is 7.09. The maximum atomic E-state index is 12.9. The van der Waals surface area contributed by atoms with Crippen molar-refractivity contribution in [3.05, 3.63) is 78.0 Å². The van der Waals surface area contributed by atoms with Crippen molar-refractivity contribution in [2.24, 2.45) is 0 Å². The fourth-order valence-electron chi connectivity index (χ4n) is 3.93. The fourth-order valence-corrected chi connectivity index (χ4v) is 5.34. The van der Waals surface area contributed by atoms with Gasteiger partial charge in [0.05, 0.1) is 15.8 Å². The number of nitrogens with zero attached hydrogens (tertiary/aromatic N) is 1. The number of fused-ring (bicyclic) bond motifs is 2. The summed E-state index contributed by atoms with van der Waals surface area (Å²) >= 11 is 1.82. The van der Waals surface area contributed by atoms with Crippen LogP contribution >= 0.6 is 9.69 Å². The molecule has 1 saturated carbocycles. The van der Waals surface area contributed by atoms with Gasteiger partial charge in [-0.05, 0) is 33.2 Å². The Balaban J connectivity index is 0.000000970. The second kappa shape index (κ2) is 10.8. The molecule has 0 saturated heterocycles. The molecule has 3 aromatic rings. The molecule has 1 aliphatic rings. The van der Waals surface area contributed by atoms with Crippen LogP contribution in [-0.4, -0.2) is 20.5 Å². The van der Waals surface area contributed by atoms with Crippen LogP contribution in [-0.2, 0) is 33.1 Å². The quantitative estimate of drug-likeness (QED) is 0.219. The minimum Gasteiger partial charge on any atom is -0.676 e. The Morgan fingerprint density at radius 2 is 1.48 bits per heavy atom. The van der Waals surface area contributed by atoms with Crippen molar-refractivity contribution < 1.29 is 25.7 Å². The van der Waals surface area contributed by atoms with Crippen molar-refractivity contribution in [2.45, 2.75) is 43.5 Å². The van der Waals surface area contributed by atoms with E-state index in [0.29, 0.717) is 6.42 Å². The minimum absolute atomic E-state index is 0. The third-order valence-corrected chi connectivity index (χ3v) is 6.48. The number of hydrogen-bond donors (Lipinski definition) is 0. The van der Waals surface area contributed by atoms with Crippen LogP contribution in [0.3, 0.4) is 0 Å². The SMILES string of the molecule is [CH3-].[Cl][Ru+3].[NH-]C1CCCCC1[N-]S(=O)(=O)Cc1c2ccccc2cc2ccccc12. The van der Waals surface area contributed by atoms with Gasteiger partial charge < -0.3 is 17.9 Å². The largest absolute Gasteiger partial charge is 0.676 e. The van der Waals surface area contributed by atoms with Crippen molar-refractivity contribution in [2.75, 3.05) is 0 Å². The molecule has 0 bridgehead atoms. The van der Waals surface area contributed by atoms with Crippen LogP contribution in [0.2, 0.25) is 0 Å². The first-order valence-corrected chi connectivity index (χ1v) is 13.1. The molecule has 0 amide bonds. The van der Waals surface area contributed by atoms with Crippen LogP contribution in [0.1, 0.15) is 31.2 Å². The number of sulfonamides is 1. The van der Waals surface area contributed by atoms with Gasteiger partial charge in [-0.15, -0.1) is 6.04 Å². The van der Waals surface area contributed by atoms with E-state index in [1.807, 2.05) is 65.8 Å². The Morgan fingerprint density at radius 1 is 0.966 bits per heavy atom. The molecule has 4 nitrogen and oxygen atoms in total. The summed E-state index contributed by atoms with van der Waals surface area (Å²) in [6.07, 6.45) is 3.38. The van der Waals surface area contributed by atoms with Gasteiger partial charge in [-0.2, -0.15) is 6.04 Å². The first kappa shape index (κ1) is 24.2. The molecule has 7 heteroatoms. The summed E-state index contributed by atoms with van der Waals surface area (Å²) in [4.78, 5) is 0. The molecular weight excluding hydrogens is 493 g/mol. The monoisotopic (exact) mass is 518 g/mol. The summed E-state index contributed by atoms with van der Waals surface area (Å²) in [5, 5.41) is 3.98. The summed E-state index contributed by atoms with van der Waals surface area (Å²) in [5.41, 5.74) is 8.90. The molecule has 0 radical (unpaired) electrons. The molecule has 2 atom stereocenters. The minimum atomic E-state index is -3.65. The summed E-state index contributed by atoms with van der Waals surface area (Å²) in [6, 6.07) is 17.1. The molecule has 29 heavy (non-hydrogen) atoms. The van der Waals surface area contributed by atoms with E-state index in [1.54, 1.807) is 0 Å². The standard InChI is InChI=1S/C21H22N2O2S.CH3.ClH.Ru/c22-20-11-5-6-12-21(20)23-26(24,25)14-19-17-9-3-1-7-15(17)13-16-8-2-4-10-18(16)19;;;/h1-4,7-10,13,20-22H,5-6,11-12,14H2;1H3;1H;/q-2;-1;;+4/p-1. The van der Waals surface area contributed by atoms with Gasteiger partial charge in [0.15, 0.2) is 0 Å². The van der Waals surface area contributed by atoms with Gasteiger partial charge >= 0.3 is 27.0 Å². The molecule has 0 heterocycles. The number of nitrogens with one attached hydrogen (secondary N) is 1. The Bertz CT molecular complexity index is 1010. The Hall–Kier alpha value is -1.04. The van der Waals surface area contributed by atoms with E-state index in [4.69, 9.17) is 5.73 Å². The Kier molecular flexibility index (Phi) is 9.05. The first-order valence-electron chi connectivity index (χ1n) is 9.22. The summed E-state index contributed by atoms with van der Waals surface area (Å²) in [7, 11) is 0.924. The van der Waals surface area contributed by atoms with Gasteiger partial charge in [-0.1, -0.05) is 74.2 Å². The van der Waals surface area contributed by atoms with Crippen molar-refractivity contribution in [1.82, 2.24) is 0 Å². The predicted molar refractivity (Wildman–Crippen MR) is 120 cm³/mol. The van der Waals surface area contributed by atoms with E-state index in [0.717, 1.165) is 46.4 Å². The van der Waals surface area contributed by atoms with E-state index >= 15 is 0 Å². The van der Waals surface area contributed by atoms with E-state index in [-0.39, 0.29) is 13.2 Å². The van der Waals surface area contributed by atoms with Gasteiger partial charge in [-0.25, -0.2) is 8.42 Å². The predicted octanol–water partition coefficient (Wildman–Crippen LogP) is 6.70. The zero-order valence-corrected chi connectivity index (χ0v) is 19.6. The van der Waals surface area contributed by atoms with Gasteiger partial charge in [0.1, 0.15) is 0 Å². The fraction of sp³-hybridized carbons (Fsp3) is 0.318. The molecule has 3 aromatic carbocycles. The second-order valence-corrected chi connectivity index (χ2v) is 8.75. The van der Waals surface area contributed by atoms with Crippen LogP contribution in [0.4, 0.5) is 0 Å². The third kappa shape index (κ3) is 5.77. The van der Waals surface area contributed by atoms with Crippen molar-refractivity contribution in [1.29, 1.82) is 0 Å². The number of halogens is 1. The van der Waals surface area contributed by atoms with Crippen molar-refractivity contribution in [3.63, 3.8) is 0 Å². The number of rotatable bonds is 4. The molecule has 1 N–H and O–H groups in total. The van der Waals surface area contributed by atoms with Crippen LogP contribution in [0, 0.1) is 7.43 Å². The van der Waals surface area contributed by atoms with E-state index in [9.17, 15) is 8.42 Å². The van der Waals surface area contributed by atoms with Crippen LogP contribution in [0.25, 0.3) is 32.0 Å². The molecule has 4 rings (SSSR count). The van der Waals surface area contributed by atoms with Gasteiger partial charge in [0, 0.05) is 0 Å². The van der Waals surface area contributed by atoms with Gasteiger partial charge in [0.2, 0.25) is 0 Å². The molecule has 1 aliphatic carbocycles. The van der Waals surface area contributed by atoms with E-state index < -0.39 is 22.1 Å². The van der Waals surface area contributed by atoms with Crippen molar-refractivity contribution >= 4 is 41.3 Å². The average Bonchev–Trinajstić information content (AvgIpc) is 2.71. The molecular formula is C22H25ClN2O2RuS. The molecule has 0 spiro atoms. The molecule has 156 valence electrons. The molecule has 1 fully saturated rings. The number of benzene rings is 3. The smallest absolute Gasteiger partial charge is 0.0765 e. The molecule has 2 unspecified atom stereocenters. The summed E-state index contributed by atoms with van der Waals surface area (Å²) < 4.78 is 29.8. The van der Waals surface area contributed by atoms with E-state index in [2.05, 4.69) is 20.5 Å². The zero-order valence-electron chi connectivity index (χ0n) is 16.3. The average molecular weight is 518 g/mol. The van der Waals surface area contributed by atoms with Crippen LogP contribution in [0.15, 0.2) is 54.6 Å². The van der Waals surface area contributed by atoms with Gasteiger partial charge in [0.25, 0.3) is 0 Å².